The summed E-state index contributed by atoms with van der Waals surface area (Å²) >= 11 is 0. The van der Waals surface area contributed by atoms with E-state index >= 15 is 0 Å². The standard InChI is InChI=1S/C6H5F3N2O5S/c1-3-15-5(12)4(10-2)11-16-17(13,14)6(7,8)9/h3H2,1H3. The molecule has 0 aliphatic rings. The molecule has 11 heteroatoms. The molecule has 0 saturated carbocycles. The van der Waals surface area contributed by atoms with Gasteiger partial charge in [0.2, 0.25) is 0 Å². The summed E-state index contributed by atoms with van der Waals surface area (Å²) in [5.74, 6) is -2.65. The van der Waals surface area contributed by atoms with Crippen LogP contribution in [0.15, 0.2) is 5.16 Å². The number of alkyl halides is 3. The molecule has 96 valence electrons. The Hall–Kier alpha value is -1.83. The molecule has 0 bridgehead atoms. The van der Waals surface area contributed by atoms with Crippen LogP contribution in [-0.4, -0.2) is 32.3 Å². The van der Waals surface area contributed by atoms with Gasteiger partial charge in [-0.25, -0.2) is 0 Å². The van der Waals surface area contributed by atoms with Crippen molar-refractivity contribution in [2.45, 2.75) is 12.4 Å². The number of carbonyl (C=O) groups excluding carboxylic acids is 1. The monoisotopic (exact) mass is 274 g/mol. The Balaban J connectivity index is 4.95. The van der Waals surface area contributed by atoms with Gasteiger partial charge < -0.3 is 9.58 Å². The van der Waals surface area contributed by atoms with Crippen molar-refractivity contribution in [1.29, 1.82) is 0 Å². The minimum atomic E-state index is -5.99. The first kappa shape index (κ1) is 15.2. The third kappa shape index (κ3) is 4.27. The van der Waals surface area contributed by atoms with Crippen LogP contribution in [0.3, 0.4) is 0 Å². The first-order valence-corrected chi connectivity index (χ1v) is 5.19. The second-order valence-electron chi connectivity index (χ2n) is 2.22. The number of ether oxygens (including phenoxy) is 1. The molecule has 0 aromatic carbocycles. The zero-order chi connectivity index (χ0) is 13.7. The molecule has 17 heavy (non-hydrogen) atoms. The van der Waals surface area contributed by atoms with Crippen molar-refractivity contribution in [2.24, 2.45) is 5.16 Å². The molecular formula is C6H5F3N2O5S. The molecule has 0 saturated heterocycles. The van der Waals surface area contributed by atoms with E-state index in [-0.39, 0.29) is 6.61 Å². The van der Waals surface area contributed by atoms with E-state index in [1.165, 1.54) is 6.92 Å². The number of halogens is 3. The lowest BCUT2D eigenvalue weighted by molar-refractivity contribution is -0.135. The van der Waals surface area contributed by atoms with Gasteiger partial charge in [0.15, 0.2) is 0 Å². The van der Waals surface area contributed by atoms with Gasteiger partial charge in [-0.05, 0) is 6.92 Å². The Morgan fingerprint density at radius 3 is 2.35 bits per heavy atom. The van der Waals surface area contributed by atoms with E-state index in [1.807, 2.05) is 0 Å². The fourth-order valence-corrected chi connectivity index (χ4v) is 0.679. The van der Waals surface area contributed by atoms with E-state index in [0.29, 0.717) is 0 Å². The van der Waals surface area contributed by atoms with Gasteiger partial charge in [0.25, 0.3) is 0 Å². The minimum Gasteiger partial charge on any atom is -0.470 e. The summed E-state index contributed by atoms with van der Waals surface area (Å²) in [6, 6.07) is 0. The van der Waals surface area contributed by atoms with E-state index in [1.54, 1.807) is 0 Å². The lowest BCUT2D eigenvalue weighted by Crippen LogP contribution is -2.25. The van der Waals surface area contributed by atoms with E-state index in [0.717, 1.165) is 0 Å². The molecule has 0 rings (SSSR count). The lowest BCUT2D eigenvalue weighted by Gasteiger charge is -2.02. The van der Waals surface area contributed by atoms with Crippen LogP contribution in [-0.2, 0) is 23.9 Å². The summed E-state index contributed by atoms with van der Waals surface area (Å²) in [5.41, 5.74) is -5.70. The molecule has 0 unspecified atom stereocenters. The molecule has 0 radical (unpaired) electrons. The number of nitrogens with zero attached hydrogens (tertiary/aromatic N) is 2. The molecule has 0 spiro atoms. The fourth-order valence-electron chi connectivity index (χ4n) is 0.426. The van der Waals surface area contributed by atoms with Crippen molar-refractivity contribution in [2.75, 3.05) is 6.61 Å². The van der Waals surface area contributed by atoms with Crippen LogP contribution in [0.5, 0.6) is 0 Å². The van der Waals surface area contributed by atoms with Crippen LogP contribution in [0.25, 0.3) is 4.85 Å². The average Bonchev–Trinajstić information content (AvgIpc) is 2.17. The molecule has 0 aromatic rings. The maximum atomic E-state index is 11.8. The highest BCUT2D eigenvalue weighted by Crippen LogP contribution is 2.24. The summed E-state index contributed by atoms with van der Waals surface area (Å²) in [6.45, 7) is 7.57. The summed E-state index contributed by atoms with van der Waals surface area (Å²) < 4.78 is 63.3. The molecule has 0 fully saturated rings. The zero-order valence-corrected chi connectivity index (χ0v) is 9.00. The van der Waals surface area contributed by atoms with Crippen molar-refractivity contribution >= 4 is 21.9 Å². The summed E-state index contributed by atoms with van der Waals surface area (Å²) in [5, 5.41) is 2.28. The molecular weight excluding hydrogens is 269 g/mol. The van der Waals surface area contributed by atoms with Crippen LogP contribution >= 0.6 is 0 Å². The number of amidine groups is 1. The maximum absolute atomic E-state index is 11.8. The summed E-state index contributed by atoms with van der Waals surface area (Å²) in [4.78, 5) is 13.2. The smallest absolute Gasteiger partial charge is 0.470 e. The Kier molecular flexibility index (Phi) is 4.89. The highest BCUT2D eigenvalue weighted by atomic mass is 32.2. The maximum Gasteiger partial charge on any atom is 0.538 e. The van der Waals surface area contributed by atoms with E-state index < -0.39 is 27.4 Å². The molecule has 0 aliphatic heterocycles. The number of rotatable bonds is 3. The number of carbonyl (C=O) groups is 1. The molecule has 0 aromatic heterocycles. The Morgan fingerprint density at radius 2 is 2.00 bits per heavy atom. The van der Waals surface area contributed by atoms with Crippen LogP contribution < -0.4 is 0 Å². The van der Waals surface area contributed by atoms with Gasteiger partial charge in [0.1, 0.15) is 0 Å². The third-order valence-corrected chi connectivity index (χ3v) is 1.91. The summed E-state index contributed by atoms with van der Waals surface area (Å²) in [6.07, 6.45) is 0. The normalized spacial score (nSPS) is 12.8. The van der Waals surface area contributed by atoms with Crippen molar-refractivity contribution < 1.29 is 35.4 Å². The van der Waals surface area contributed by atoms with Crippen molar-refractivity contribution in [3.63, 3.8) is 0 Å². The topological polar surface area (TPSA) is 86.4 Å². The molecule has 0 N–H and O–H groups in total. The Morgan fingerprint density at radius 1 is 1.47 bits per heavy atom. The second kappa shape index (κ2) is 5.48. The lowest BCUT2D eigenvalue weighted by atomic mass is 10.6. The molecule has 0 aliphatic carbocycles. The minimum absolute atomic E-state index is 0.167. The van der Waals surface area contributed by atoms with E-state index in [4.69, 9.17) is 6.57 Å². The second-order valence-corrected chi connectivity index (χ2v) is 3.74. The van der Waals surface area contributed by atoms with Crippen molar-refractivity contribution in [3.8, 4) is 0 Å². The molecule has 0 atom stereocenters. The quantitative estimate of drug-likeness (QED) is 0.188. The van der Waals surface area contributed by atoms with E-state index in [2.05, 4.69) is 19.0 Å². The fraction of sp³-hybridized carbons (Fsp3) is 0.500. The number of hydrogen-bond acceptors (Lipinski definition) is 6. The Bertz CT molecular complexity index is 461. The van der Waals surface area contributed by atoms with Gasteiger partial charge in [-0.1, -0.05) is 6.57 Å². The van der Waals surface area contributed by atoms with Crippen LogP contribution in [0.4, 0.5) is 13.2 Å². The van der Waals surface area contributed by atoms with Gasteiger partial charge in [0, 0.05) is 0 Å². The molecule has 0 heterocycles. The largest absolute Gasteiger partial charge is 0.538 e. The molecule has 0 amide bonds. The van der Waals surface area contributed by atoms with E-state index in [9.17, 15) is 26.4 Å². The number of hydrogen-bond donors (Lipinski definition) is 0. The highest BCUT2D eigenvalue weighted by Gasteiger charge is 2.50. The zero-order valence-electron chi connectivity index (χ0n) is 8.18. The Labute approximate surface area is 93.7 Å². The first-order chi connectivity index (χ1) is 7.65. The number of esters is 1. The van der Waals surface area contributed by atoms with Gasteiger partial charge >= 0.3 is 27.4 Å². The van der Waals surface area contributed by atoms with Crippen molar-refractivity contribution in [3.05, 3.63) is 11.4 Å². The van der Waals surface area contributed by atoms with Gasteiger partial charge in [0.05, 0.1) is 11.8 Å². The predicted molar refractivity (Wildman–Crippen MR) is 46.7 cm³/mol. The van der Waals surface area contributed by atoms with Crippen LogP contribution in [0.1, 0.15) is 6.92 Å². The SMILES string of the molecule is [C-]#[N+]C(=NOS(=O)(=O)C(F)(F)F)C(=O)OCC. The van der Waals surface area contributed by atoms with Crippen LogP contribution in [0, 0.1) is 6.57 Å². The van der Waals surface area contributed by atoms with Gasteiger partial charge in [-0.3, -0.25) is 4.79 Å². The van der Waals surface area contributed by atoms with Crippen molar-refractivity contribution in [1.82, 2.24) is 0 Å². The third-order valence-electron chi connectivity index (χ3n) is 1.07. The number of oxime groups is 1. The van der Waals surface area contributed by atoms with Crippen LogP contribution in [0.2, 0.25) is 0 Å². The summed E-state index contributed by atoms with van der Waals surface area (Å²) in [7, 11) is -5.99. The first-order valence-electron chi connectivity index (χ1n) is 3.78. The van der Waals surface area contributed by atoms with Gasteiger partial charge in [-0.15, -0.1) is 0 Å². The highest BCUT2D eigenvalue weighted by molar-refractivity contribution is 7.87. The predicted octanol–water partition coefficient (Wildman–Crippen LogP) is 0.648. The molecule has 7 nitrogen and oxygen atoms in total. The average molecular weight is 274 g/mol. The van der Waals surface area contributed by atoms with Gasteiger partial charge in [-0.2, -0.15) is 25.9 Å².